The molecule has 1 fully saturated rings. The van der Waals surface area contributed by atoms with Crippen LogP contribution in [0.4, 0.5) is 0 Å². The molecule has 0 aromatic carbocycles. The number of carbonyl (C=O) groups is 1. The summed E-state index contributed by atoms with van der Waals surface area (Å²) in [4.78, 5) is 14.1. The molecule has 0 unspecified atom stereocenters. The molecular formula is C13H26N2O. The lowest BCUT2D eigenvalue weighted by atomic mass is 9.93. The van der Waals surface area contributed by atoms with E-state index in [-0.39, 0.29) is 5.91 Å². The molecular weight excluding hydrogens is 200 g/mol. The smallest absolute Gasteiger partial charge is 0.224 e. The quantitative estimate of drug-likeness (QED) is 0.781. The minimum atomic E-state index is 0.253. The molecule has 0 bridgehead atoms. The van der Waals surface area contributed by atoms with E-state index in [1.807, 2.05) is 0 Å². The van der Waals surface area contributed by atoms with Crippen molar-refractivity contribution in [1.29, 1.82) is 0 Å². The lowest BCUT2D eigenvalue weighted by Gasteiger charge is -2.35. The average Bonchev–Trinajstić information content (AvgIpc) is 2.27. The van der Waals surface area contributed by atoms with E-state index in [1.165, 1.54) is 32.1 Å². The van der Waals surface area contributed by atoms with Crippen LogP contribution >= 0.6 is 0 Å². The van der Waals surface area contributed by atoms with Crippen LogP contribution in [0.3, 0.4) is 0 Å². The molecule has 0 aliphatic heterocycles. The van der Waals surface area contributed by atoms with E-state index >= 15 is 0 Å². The minimum absolute atomic E-state index is 0.253. The Labute approximate surface area is 99.4 Å². The lowest BCUT2D eigenvalue weighted by Crippen LogP contribution is -2.44. The van der Waals surface area contributed by atoms with E-state index < -0.39 is 0 Å². The van der Waals surface area contributed by atoms with Gasteiger partial charge in [0.1, 0.15) is 0 Å². The van der Waals surface area contributed by atoms with Crippen molar-refractivity contribution in [2.75, 3.05) is 13.1 Å². The van der Waals surface area contributed by atoms with Crippen LogP contribution in [0.5, 0.6) is 0 Å². The molecule has 0 atom stereocenters. The molecule has 0 aromatic heterocycles. The first-order valence-corrected chi connectivity index (χ1v) is 6.64. The maximum Gasteiger partial charge on any atom is 0.224 e. The van der Waals surface area contributed by atoms with Gasteiger partial charge in [-0.25, -0.2) is 0 Å². The minimum Gasteiger partial charge on any atom is -0.339 e. The maximum atomic E-state index is 12.0. The number of nitrogens with two attached hydrogens (primary N) is 1. The number of amides is 1. The van der Waals surface area contributed by atoms with Crippen LogP contribution in [-0.2, 0) is 4.79 Å². The van der Waals surface area contributed by atoms with Crippen LogP contribution in [0.25, 0.3) is 0 Å². The van der Waals surface area contributed by atoms with Crippen LogP contribution in [0, 0.1) is 5.92 Å². The molecule has 94 valence electrons. The summed E-state index contributed by atoms with van der Waals surface area (Å²) in [6.07, 6.45) is 6.75. The second-order valence-corrected chi connectivity index (χ2v) is 5.27. The predicted molar refractivity (Wildman–Crippen MR) is 67.1 cm³/mol. The number of hydrogen-bond donors (Lipinski definition) is 1. The third-order valence-corrected chi connectivity index (χ3v) is 3.26. The van der Waals surface area contributed by atoms with Gasteiger partial charge in [0, 0.05) is 25.6 Å². The Kier molecular flexibility index (Phi) is 5.81. The summed E-state index contributed by atoms with van der Waals surface area (Å²) in [5.41, 5.74) is 5.48. The van der Waals surface area contributed by atoms with Crippen molar-refractivity contribution in [1.82, 2.24) is 4.90 Å². The molecule has 2 N–H and O–H groups in total. The fourth-order valence-corrected chi connectivity index (χ4v) is 2.51. The number of hydrogen-bond acceptors (Lipinski definition) is 2. The highest BCUT2D eigenvalue weighted by molar-refractivity contribution is 5.76. The summed E-state index contributed by atoms with van der Waals surface area (Å²) in [5.74, 6) is 0.798. The van der Waals surface area contributed by atoms with Crippen molar-refractivity contribution >= 4 is 5.91 Å². The van der Waals surface area contributed by atoms with Gasteiger partial charge >= 0.3 is 0 Å². The van der Waals surface area contributed by atoms with Crippen LogP contribution in [0.15, 0.2) is 0 Å². The molecule has 1 rings (SSSR count). The van der Waals surface area contributed by atoms with Crippen molar-refractivity contribution in [3.8, 4) is 0 Å². The fourth-order valence-electron chi connectivity index (χ4n) is 2.51. The molecule has 1 aliphatic rings. The lowest BCUT2D eigenvalue weighted by molar-refractivity contribution is -0.134. The van der Waals surface area contributed by atoms with E-state index in [0.717, 1.165) is 6.54 Å². The van der Waals surface area contributed by atoms with Gasteiger partial charge in [-0.1, -0.05) is 33.1 Å². The third kappa shape index (κ3) is 4.12. The molecule has 0 saturated heterocycles. The van der Waals surface area contributed by atoms with Crippen LogP contribution < -0.4 is 5.73 Å². The van der Waals surface area contributed by atoms with E-state index in [4.69, 9.17) is 5.73 Å². The van der Waals surface area contributed by atoms with Gasteiger partial charge in [0.25, 0.3) is 0 Å². The van der Waals surface area contributed by atoms with Gasteiger partial charge in [0.15, 0.2) is 0 Å². The zero-order valence-electron chi connectivity index (χ0n) is 10.7. The van der Waals surface area contributed by atoms with E-state index in [0.29, 0.717) is 24.9 Å². The van der Waals surface area contributed by atoms with Crippen molar-refractivity contribution in [3.05, 3.63) is 0 Å². The normalized spacial score (nSPS) is 17.8. The van der Waals surface area contributed by atoms with Crippen molar-refractivity contribution in [2.24, 2.45) is 11.7 Å². The standard InChI is InChI=1S/C13H26N2O/c1-11(2)10-15(13(16)8-9-14)12-6-4-3-5-7-12/h11-12H,3-10,14H2,1-2H3. The van der Waals surface area contributed by atoms with Gasteiger partial charge in [0.2, 0.25) is 5.91 Å². The van der Waals surface area contributed by atoms with E-state index in [2.05, 4.69) is 18.7 Å². The summed E-state index contributed by atoms with van der Waals surface area (Å²) in [6.45, 7) is 5.71. The van der Waals surface area contributed by atoms with E-state index in [9.17, 15) is 4.79 Å². The summed E-state index contributed by atoms with van der Waals surface area (Å²) in [7, 11) is 0. The first-order valence-electron chi connectivity index (χ1n) is 6.64. The van der Waals surface area contributed by atoms with Crippen molar-refractivity contribution in [2.45, 2.75) is 58.4 Å². The Morgan fingerprint density at radius 2 is 1.94 bits per heavy atom. The molecule has 3 nitrogen and oxygen atoms in total. The molecule has 16 heavy (non-hydrogen) atoms. The second kappa shape index (κ2) is 6.89. The molecule has 0 spiro atoms. The van der Waals surface area contributed by atoms with Gasteiger partial charge in [-0.15, -0.1) is 0 Å². The number of carbonyl (C=O) groups excluding carboxylic acids is 1. The molecule has 0 aromatic rings. The second-order valence-electron chi connectivity index (χ2n) is 5.27. The highest BCUT2D eigenvalue weighted by Gasteiger charge is 2.25. The number of rotatable bonds is 5. The van der Waals surface area contributed by atoms with Crippen LogP contribution in [0.2, 0.25) is 0 Å². The van der Waals surface area contributed by atoms with E-state index in [1.54, 1.807) is 0 Å². The Morgan fingerprint density at radius 3 is 2.44 bits per heavy atom. The van der Waals surface area contributed by atoms with Crippen molar-refractivity contribution < 1.29 is 4.79 Å². The van der Waals surface area contributed by atoms with Crippen LogP contribution in [0.1, 0.15) is 52.4 Å². The summed E-state index contributed by atoms with van der Waals surface area (Å²) in [5, 5.41) is 0. The molecule has 3 heteroatoms. The van der Waals surface area contributed by atoms with Crippen LogP contribution in [-0.4, -0.2) is 29.9 Å². The number of nitrogens with zero attached hydrogens (tertiary/aromatic N) is 1. The van der Waals surface area contributed by atoms with Gasteiger partial charge < -0.3 is 10.6 Å². The van der Waals surface area contributed by atoms with Gasteiger partial charge in [-0.2, -0.15) is 0 Å². The predicted octanol–water partition coefficient (Wildman–Crippen LogP) is 2.15. The SMILES string of the molecule is CC(C)CN(C(=O)CCN)C1CCCCC1. The average molecular weight is 226 g/mol. The Morgan fingerprint density at radius 1 is 1.31 bits per heavy atom. The van der Waals surface area contributed by atoms with Gasteiger partial charge in [-0.05, 0) is 18.8 Å². The third-order valence-electron chi connectivity index (χ3n) is 3.26. The molecule has 0 heterocycles. The summed E-state index contributed by atoms with van der Waals surface area (Å²) >= 11 is 0. The molecule has 1 saturated carbocycles. The van der Waals surface area contributed by atoms with Crippen molar-refractivity contribution in [3.63, 3.8) is 0 Å². The highest BCUT2D eigenvalue weighted by Crippen LogP contribution is 2.23. The molecule has 1 aliphatic carbocycles. The summed E-state index contributed by atoms with van der Waals surface area (Å²) < 4.78 is 0. The van der Waals surface area contributed by atoms with Gasteiger partial charge in [0.05, 0.1) is 0 Å². The summed E-state index contributed by atoms with van der Waals surface area (Å²) in [6, 6.07) is 0.482. The van der Waals surface area contributed by atoms with Gasteiger partial charge in [-0.3, -0.25) is 4.79 Å². The highest BCUT2D eigenvalue weighted by atomic mass is 16.2. The fraction of sp³-hybridized carbons (Fsp3) is 0.923. The largest absolute Gasteiger partial charge is 0.339 e. The zero-order chi connectivity index (χ0) is 12.0. The first-order chi connectivity index (χ1) is 7.65. The zero-order valence-corrected chi connectivity index (χ0v) is 10.7. The Balaban J connectivity index is 2.57. The Bertz CT molecular complexity index is 210. The first kappa shape index (κ1) is 13.5. The Hall–Kier alpha value is -0.570. The maximum absolute atomic E-state index is 12.0. The molecule has 0 radical (unpaired) electrons. The molecule has 1 amide bonds. The topological polar surface area (TPSA) is 46.3 Å². The monoisotopic (exact) mass is 226 g/mol.